The fraction of sp³-hybridized carbons (Fsp3) is 0.158. The quantitative estimate of drug-likeness (QED) is 0.591. The summed E-state index contributed by atoms with van der Waals surface area (Å²) in [7, 11) is 3.95. The summed E-state index contributed by atoms with van der Waals surface area (Å²) in [6.45, 7) is 0.226. The maximum atomic E-state index is 12.9. The number of rotatable bonds is 3. The van der Waals surface area contributed by atoms with E-state index in [1.165, 1.54) is 11.8 Å². The van der Waals surface area contributed by atoms with Crippen molar-refractivity contribution in [3.63, 3.8) is 0 Å². The van der Waals surface area contributed by atoms with Gasteiger partial charge < -0.3 is 14.4 Å². The molecule has 4 rings (SSSR count). The van der Waals surface area contributed by atoms with Crippen LogP contribution in [0.15, 0.2) is 47.4 Å². The predicted molar refractivity (Wildman–Crippen MR) is 109 cm³/mol. The van der Waals surface area contributed by atoms with E-state index in [-0.39, 0.29) is 12.7 Å². The molecule has 0 aliphatic carbocycles. The first-order valence-electron chi connectivity index (χ1n) is 7.98. The molecule has 2 aromatic carbocycles. The van der Waals surface area contributed by atoms with E-state index in [1.807, 2.05) is 67.5 Å². The Morgan fingerprint density at radius 3 is 2.58 bits per heavy atom. The number of ether oxygens (including phenoxy) is 2. The zero-order valence-corrected chi connectivity index (χ0v) is 15.9. The SMILES string of the molecule is CN(C)c1ccc(N2C(=O)C(=Cc3ccc4c(c3)OCO4)SC2=S)cc1. The summed E-state index contributed by atoms with van der Waals surface area (Å²) in [5.41, 5.74) is 2.71. The normalized spacial score (nSPS) is 17.3. The first kappa shape index (κ1) is 16.9. The number of fused-ring (bicyclic) bond motifs is 1. The smallest absolute Gasteiger partial charge is 0.270 e. The Bertz CT molecular complexity index is 923. The van der Waals surface area contributed by atoms with Gasteiger partial charge in [-0.3, -0.25) is 9.69 Å². The number of thioether (sulfide) groups is 1. The second-order valence-electron chi connectivity index (χ2n) is 6.04. The molecule has 0 aromatic heterocycles. The van der Waals surface area contributed by atoms with Crippen LogP contribution in [-0.2, 0) is 4.79 Å². The predicted octanol–water partition coefficient (Wildman–Crippen LogP) is 3.89. The van der Waals surface area contributed by atoms with Crippen LogP contribution in [0.4, 0.5) is 11.4 Å². The van der Waals surface area contributed by atoms with Crippen LogP contribution in [0.3, 0.4) is 0 Å². The highest BCUT2D eigenvalue weighted by molar-refractivity contribution is 8.27. The number of carbonyl (C=O) groups excluding carboxylic acids is 1. The number of amides is 1. The molecular formula is C19H16N2O3S2. The highest BCUT2D eigenvalue weighted by atomic mass is 32.2. The lowest BCUT2D eigenvalue weighted by Gasteiger charge is -2.17. The van der Waals surface area contributed by atoms with Gasteiger partial charge in [0.2, 0.25) is 6.79 Å². The Morgan fingerprint density at radius 1 is 1.12 bits per heavy atom. The van der Waals surface area contributed by atoms with E-state index in [1.54, 1.807) is 4.90 Å². The third-order valence-electron chi connectivity index (χ3n) is 4.11. The number of hydrogen-bond acceptors (Lipinski definition) is 6. The number of anilines is 2. The maximum absolute atomic E-state index is 12.9. The second-order valence-corrected chi connectivity index (χ2v) is 7.72. The minimum atomic E-state index is -0.115. The van der Waals surface area contributed by atoms with Gasteiger partial charge >= 0.3 is 0 Å². The summed E-state index contributed by atoms with van der Waals surface area (Å²) in [5.74, 6) is 1.29. The summed E-state index contributed by atoms with van der Waals surface area (Å²) in [6.07, 6.45) is 1.83. The molecule has 2 aliphatic heterocycles. The van der Waals surface area contributed by atoms with Crippen molar-refractivity contribution in [2.24, 2.45) is 0 Å². The van der Waals surface area contributed by atoms with Crippen molar-refractivity contribution in [2.45, 2.75) is 0 Å². The van der Waals surface area contributed by atoms with Gasteiger partial charge in [-0.1, -0.05) is 30.0 Å². The monoisotopic (exact) mass is 384 g/mol. The van der Waals surface area contributed by atoms with Gasteiger partial charge in [-0.05, 0) is 48.0 Å². The Hall–Kier alpha value is -2.51. The second kappa shape index (κ2) is 6.66. The Morgan fingerprint density at radius 2 is 1.85 bits per heavy atom. The molecule has 2 aliphatic rings. The molecule has 1 amide bonds. The minimum absolute atomic E-state index is 0.115. The van der Waals surface area contributed by atoms with Gasteiger partial charge in [-0.25, -0.2) is 0 Å². The summed E-state index contributed by atoms with van der Waals surface area (Å²) < 4.78 is 11.2. The van der Waals surface area contributed by atoms with Gasteiger partial charge in [0.1, 0.15) is 0 Å². The van der Waals surface area contributed by atoms with E-state index in [0.717, 1.165) is 22.7 Å². The largest absolute Gasteiger partial charge is 0.454 e. The van der Waals surface area contributed by atoms with Gasteiger partial charge in [-0.2, -0.15) is 0 Å². The number of carbonyl (C=O) groups is 1. The van der Waals surface area contributed by atoms with E-state index in [4.69, 9.17) is 21.7 Å². The highest BCUT2D eigenvalue weighted by Gasteiger charge is 2.33. The number of benzene rings is 2. The van der Waals surface area contributed by atoms with E-state index in [0.29, 0.717) is 15.0 Å². The molecule has 132 valence electrons. The van der Waals surface area contributed by atoms with Crippen molar-refractivity contribution in [1.82, 2.24) is 0 Å². The molecule has 0 radical (unpaired) electrons. The van der Waals surface area contributed by atoms with E-state index < -0.39 is 0 Å². The van der Waals surface area contributed by atoms with Crippen LogP contribution in [0.5, 0.6) is 11.5 Å². The van der Waals surface area contributed by atoms with Crippen LogP contribution in [0, 0.1) is 0 Å². The molecule has 2 heterocycles. The molecule has 26 heavy (non-hydrogen) atoms. The van der Waals surface area contributed by atoms with Crippen LogP contribution < -0.4 is 19.3 Å². The van der Waals surface area contributed by atoms with Crippen LogP contribution >= 0.6 is 24.0 Å². The van der Waals surface area contributed by atoms with Crippen LogP contribution in [0.25, 0.3) is 6.08 Å². The third-order valence-corrected chi connectivity index (χ3v) is 5.41. The Labute approximate surface area is 161 Å². The topological polar surface area (TPSA) is 42.0 Å². The van der Waals surface area contributed by atoms with Gasteiger partial charge in [0.25, 0.3) is 5.91 Å². The summed E-state index contributed by atoms with van der Waals surface area (Å²) in [6, 6.07) is 13.3. The first-order valence-corrected chi connectivity index (χ1v) is 9.20. The molecule has 0 saturated carbocycles. The zero-order chi connectivity index (χ0) is 18.3. The third kappa shape index (κ3) is 3.04. The van der Waals surface area contributed by atoms with Gasteiger partial charge in [0.05, 0.1) is 10.6 Å². The molecule has 7 heteroatoms. The minimum Gasteiger partial charge on any atom is -0.454 e. The molecule has 0 N–H and O–H groups in total. The van der Waals surface area contributed by atoms with E-state index in [2.05, 4.69) is 0 Å². The van der Waals surface area contributed by atoms with Crippen molar-refractivity contribution in [3.05, 3.63) is 52.9 Å². The fourth-order valence-electron chi connectivity index (χ4n) is 2.74. The van der Waals surface area contributed by atoms with E-state index >= 15 is 0 Å². The molecule has 2 aromatic rings. The van der Waals surface area contributed by atoms with Crippen LogP contribution in [0.2, 0.25) is 0 Å². The van der Waals surface area contributed by atoms with E-state index in [9.17, 15) is 4.79 Å². The number of thiocarbonyl (C=S) groups is 1. The average molecular weight is 384 g/mol. The molecule has 0 unspecified atom stereocenters. The maximum Gasteiger partial charge on any atom is 0.270 e. The Balaban J connectivity index is 1.60. The molecule has 5 nitrogen and oxygen atoms in total. The van der Waals surface area contributed by atoms with Crippen molar-refractivity contribution in [2.75, 3.05) is 30.7 Å². The average Bonchev–Trinajstić information content (AvgIpc) is 3.19. The first-order chi connectivity index (χ1) is 12.5. The molecular weight excluding hydrogens is 368 g/mol. The molecule has 1 fully saturated rings. The van der Waals surface area contributed by atoms with Crippen LogP contribution in [-0.4, -0.2) is 31.1 Å². The Kier molecular flexibility index (Phi) is 4.34. The van der Waals surface area contributed by atoms with Gasteiger partial charge in [-0.15, -0.1) is 0 Å². The van der Waals surface area contributed by atoms with Crippen molar-refractivity contribution in [3.8, 4) is 11.5 Å². The van der Waals surface area contributed by atoms with Crippen molar-refractivity contribution < 1.29 is 14.3 Å². The lowest BCUT2D eigenvalue weighted by Crippen LogP contribution is -2.27. The highest BCUT2D eigenvalue weighted by Crippen LogP contribution is 2.38. The molecule has 0 bridgehead atoms. The lowest BCUT2D eigenvalue weighted by atomic mass is 10.2. The summed E-state index contributed by atoms with van der Waals surface area (Å²) >= 11 is 6.73. The molecule has 0 atom stereocenters. The molecule has 1 saturated heterocycles. The summed E-state index contributed by atoms with van der Waals surface area (Å²) in [4.78, 5) is 17.0. The fourth-order valence-corrected chi connectivity index (χ4v) is 4.04. The van der Waals surface area contributed by atoms with Gasteiger partial charge in [0.15, 0.2) is 15.8 Å². The van der Waals surface area contributed by atoms with Crippen molar-refractivity contribution in [1.29, 1.82) is 0 Å². The van der Waals surface area contributed by atoms with Gasteiger partial charge in [0, 0.05) is 19.8 Å². The summed E-state index contributed by atoms with van der Waals surface area (Å²) in [5, 5.41) is 0. The lowest BCUT2D eigenvalue weighted by molar-refractivity contribution is -0.113. The number of nitrogens with zero attached hydrogens (tertiary/aromatic N) is 2. The molecule has 0 spiro atoms. The van der Waals surface area contributed by atoms with Crippen LogP contribution in [0.1, 0.15) is 5.56 Å². The standard InChI is InChI=1S/C19H16N2O3S2/c1-20(2)13-4-6-14(7-5-13)21-18(22)17(26-19(21)25)10-12-3-8-15-16(9-12)24-11-23-15/h3-10H,11H2,1-2H3. The zero-order valence-electron chi connectivity index (χ0n) is 14.3. The number of hydrogen-bond donors (Lipinski definition) is 0. The van der Waals surface area contributed by atoms with Crippen molar-refractivity contribution >= 4 is 51.7 Å².